The molecule has 116 valence electrons. The van der Waals surface area contributed by atoms with Crippen molar-refractivity contribution in [3.63, 3.8) is 0 Å². The molecular weight excluding hydrogens is 280 g/mol. The van der Waals surface area contributed by atoms with E-state index in [1.165, 1.54) is 0 Å². The van der Waals surface area contributed by atoms with Crippen molar-refractivity contribution in [2.75, 3.05) is 37.7 Å². The van der Waals surface area contributed by atoms with Gasteiger partial charge in [0.2, 0.25) is 5.91 Å². The van der Waals surface area contributed by atoms with Gasteiger partial charge in [0.25, 0.3) is 0 Å². The molecule has 2 unspecified atom stereocenters. The fraction of sp³-hybridized carbons (Fsp3) is 0.923. The Morgan fingerprint density at radius 3 is 2.75 bits per heavy atom. The summed E-state index contributed by atoms with van der Waals surface area (Å²) in [5.74, 6) is 0.288. The highest BCUT2D eigenvalue weighted by atomic mass is 32.2. The molecule has 0 bridgehead atoms. The lowest BCUT2D eigenvalue weighted by Crippen LogP contribution is -2.46. The number of nitrogens with one attached hydrogen (secondary N) is 1. The summed E-state index contributed by atoms with van der Waals surface area (Å²) in [4.78, 5) is 13.9. The molecule has 2 atom stereocenters. The zero-order valence-electron chi connectivity index (χ0n) is 12.0. The number of nitrogens with zero attached hydrogens (tertiary/aromatic N) is 1. The number of sulfone groups is 1. The van der Waals surface area contributed by atoms with E-state index in [4.69, 9.17) is 4.74 Å². The second kappa shape index (κ2) is 6.87. The van der Waals surface area contributed by atoms with Crippen LogP contribution < -0.4 is 5.32 Å². The van der Waals surface area contributed by atoms with Gasteiger partial charge in [0, 0.05) is 25.7 Å². The SMILES string of the molecule is CCN(C(=O)CNCC1CCCO1)C1CCS(=O)(=O)C1. The lowest BCUT2D eigenvalue weighted by molar-refractivity contribution is -0.131. The highest BCUT2D eigenvalue weighted by Crippen LogP contribution is 2.17. The molecule has 2 aliphatic rings. The summed E-state index contributed by atoms with van der Waals surface area (Å²) in [5.41, 5.74) is 0. The van der Waals surface area contributed by atoms with Crippen LogP contribution in [-0.2, 0) is 19.4 Å². The molecule has 6 nitrogen and oxygen atoms in total. The topological polar surface area (TPSA) is 75.7 Å². The molecule has 7 heteroatoms. The van der Waals surface area contributed by atoms with E-state index in [9.17, 15) is 13.2 Å². The quantitative estimate of drug-likeness (QED) is 0.735. The van der Waals surface area contributed by atoms with E-state index < -0.39 is 9.84 Å². The third kappa shape index (κ3) is 4.17. The van der Waals surface area contributed by atoms with Gasteiger partial charge in [-0.2, -0.15) is 0 Å². The number of amides is 1. The van der Waals surface area contributed by atoms with Crippen LogP contribution in [0.1, 0.15) is 26.2 Å². The first-order valence-corrected chi connectivity index (χ1v) is 9.16. The maximum atomic E-state index is 12.2. The fourth-order valence-corrected chi connectivity index (χ4v) is 4.64. The predicted octanol–water partition coefficient (Wildman–Crippen LogP) is -0.209. The minimum absolute atomic E-state index is 0.0207. The number of rotatable bonds is 6. The first-order valence-electron chi connectivity index (χ1n) is 7.34. The molecule has 0 saturated carbocycles. The molecule has 1 amide bonds. The Labute approximate surface area is 120 Å². The minimum atomic E-state index is -2.95. The van der Waals surface area contributed by atoms with Crippen LogP contribution in [0.5, 0.6) is 0 Å². The normalized spacial score (nSPS) is 28.6. The van der Waals surface area contributed by atoms with Crippen molar-refractivity contribution in [1.82, 2.24) is 10.2 Å². The van der Waals surface area contributed by atoms with Gasteiger partial charge in [-0.15, -0.1) is 0 Å². The second-order valence-corrected chi connectivity index (χ2v) is 7.73. The predicted molar refractivity (Wildman–Crippen MR) is 76.3 cm³/mol. The smallest absolute Gasteiger partial charge is 0.236 e. The Morgan fingerprint density at radius 2 is 2.20 bits per heavy atom. The highest BCUT2D eigenvalue weighted by molar-refractivity contribution is 7.91. The number of carbonyl (C=O) groups is 1. The van der Waals surface area contributed by atoms with E-state index in [-0.39, 0.29) is 36.1 Å². The summed E-state index contributed by atoms with van der Waals surface area (Å²) in [6.45, 7) is 4.20. The monoisotopic (exact) mass is 304 g/mol. The van der Waals surface area contributed by atoms with Gasteiger partial charge < -0.3 is 15.0 Å². The van der Waals surface area contributed by atoms with Crippen molar-refractivity contribution in [2.24, 2.45) is 0 Å². The zero-order valence-corrected chi connectivity index (χ0v) is 12.8. The number of ether oxygens (including phenoxy) is 1. The van der Waals surface area contributed by atoms with Gasteiger partial charge in [-0.05, 0) is 26.2 Å². The van der Waals surface area contributed by atoms with Crippen molar-refractivity contribution in [2.45, 2.75) is 38.3 Å². The first-order chi connectivity index (χ1) is 9.52. The summed E-state index contributed by atoms with van der Waals surface area (Å²) in [6, 6.07) is -0.151. The molecule has 2 rings (SSSR count). The Hall–Kier alpha value is -0.660. The van der Waals surface area contributed by atoms with Gasteiger partial charge in [0.05, 0.1) is 24.2 Å². The standard InChI is InChI=1S/C13H24N2O4S/c1-2-15(11-5-7-20(17,18)10-11)13(16)9-14-8-12-4-3-6-19-12/h11-12,14H,2-10H2,1H3. The molecule has 0 radical (unpaired) electrons. The van der Waals surface area contributed by atoms with Crippen molar-refractivity contribution in [3.05, 3.63) is 0 Å². The molecule has 0 spiro atoms. The second-order valence-electron chi connectivity index (χ2n) is 5.50. The number of hydrogen-bond donors (Lipinski definition) is 1. The zero-order chi connectivity index (χ0) is 14.6. The van der Waals surface area contributed by atoms with E-state index in [1.54, 1.807) is 4.90 Å². The molecule has 2 aliphatic heterocycles. The van der Waals surface area contributed by atoms with E-state index >= 15 is 0 Å². The van der Waals surface area contributed by atoms with Crippen molar-refractivity contribution in [1.29, 1.82) is 0 Å². The Balaban J connectivity index is 1.77. The molecule has 0 aromatic carbocycles. The molecule has 20 heavy (non-hydrogen) atoms. The van der Waals surface area contributed by atoms with Gasteiger partial charge in [-0.25, -0.2) is 8.42 Å². The summed E-state index contributed by atoms with van der Waals surface area (Å²) >= 11 is 0. The Bertz CT molecular complexity index is 432. The van der Waals surface area contributed by atoms with E-state index in [2.05, 4.69) is 5.32 Å². The number of hydrogen-bond acceptors (Lipinski definition) is 5. The third-order valence-electron chi connectivity index (χ3n) is 3.98. The maximum absolute atomic E-state index is 12.2. The average Bonchev–Trinajstić information content (AvgIpc) is 3.00. The van der Waals surface area contributed by atoms with Gasteiger partial charge in [-0.1, -0.05) is 0 Å². The van der Waals surface area contributed by atoms with Crippen molar-refractivity contribution < 1.29 is 17.9 Å². The highest BCUT2D eigenvalue weighted by Gasteiger charge is 2.33. The van der Waals surface area contributed by atoms with Crippen LogP contribution in [0.2, 0.25) is 0 Å². The minimum Gasteiger partial charge on any atom is -0.377 e. The molecule has 0 aliphatic carbocycles. The lowest BCUT2D eigenvalue weighted by atomic mass is 10.2. The molecule has 2 fully saturated rings. The van der Waals surface area contributed by atoms with Gasteiger partial charge >= 0.3 is 0 Å². The largest absolute Gasteiger partial charge is 0.377 e. The van der Waals surface area contributed by atoms with E-state index in [1.807, 2.05) is 6.92 Å². The Kier molecular flexibility index (Phi) is 5.40. The molecule has 1 N–H and O–H groups in total. The van der Waals surface area contributed by atoms with Crippen LogP contribution in [0.3, 0.4) is 0 Å². The lowest BCUT2D eigenvalue weighted by Gasteiger charge is -2.27. The molecule has 2 heterocycles. The number of carbonyl (C=O) groups excluding carboxylic acids is 1. The van der Waals surface area contributed by atoms with Crippen LogP contribution >= 0.6 is 0 Å². The van der Waals surface area contributed by atoms with Gasteiger partial charge in [0.15, 0.2) is 9.84 Å². The van der Waals surface area contributed by atoms with Gasteiger partial charge in [-0.3, -0.25) is 4.79 Å². The maximum Gasteiger partial charge on any atom is 0.236 e. The summed E-state index contributed by atoms with van der Waals surface area (Å²) in [6.07, 6.45) is 2.90. The first kappa shape index (κ1) is 15.7. The van der Waals surface area contributed by atoms with E-state index in [0.717, 1.165) is 19.4 Å². The number of likely N-dealkylation sites (N-methyl/N-ethyl adjacent to an activating group) is 1. The summed E-state index contributed by atoms with van der Waals surface area (Å²) in [7, 11) is -2.95. The van der Waals surface area contributed by atoms with E-state index in [0.29, 0.717) is 19.5 Å². The van der Waals surface area contributed by atoms with Crippen molar-refractivity contribution >= 4 is 15.7 Å². The van der Waals surface area contributed by atoms with Crippen molar-refractivity contribution in [3.8, 4) is 0 Å². The molecule has 2 saturated heterocycles. The molecule has 0 aromatic rings. The van der Waals surface area contributed by atoms with Crippen LogP contribution in [0.25, 0.3) is 0 Å². The average molecular weight is 304 g/mol. The Morgan fingerprint density at radius 1 is 1.40 bits per heavy atom. The molecular formula is C13H24N2O4S. The summed E-state index contributed by atoms with van der Waals surface area (Å²) < 4.78 is 28.5. The van der Waals surface area contributed by atoms with Crippen LogP contribution in [0.4, 0.5) is 0 Å². The summed E-state index contributed by atoms with van der Waals surface area (Å²) in [5, 5.41) is 3.12. The van der Waals surface area contributed by atoms with Crippen LogP contribution in [0, 0.1) is 0 Å². The van der Waals surface area contributed by atoms with Crippen LogP contribution in [-0.4, -0.2) is 69.1 Å². The van der Waals surface area contributed by atoms with Gasteiger partial charge in [0.1, 0.15) is 0 Å². The third-order valence-corrected chi connectivity index (χ3v) is 5.73. The van der Waals surface area contributed by atoms with Crippen LogP contribution in [0.15, 0.2) is 0 Å². The fourth-order valence-electron chi connectivity index (χ4n) is 2.91. The molecule has 0 aromatic heterocycles.